The zero-order valence-electron chi connectivity index (χ0n) is 15.0. The van der Waals surface area contributed by atoms with Gasteiger partial charge in [-0.1, -0.05) is 11.6 Å². The number of aliphatic hydroxyl groups excluding tert-OH is 1. The fourth-order valence-corrected chi connectivity index (χ4v) is 3.82. The number of nitrogens with zero attached hydrogens (tertiary/aromatic N) is 2. The first kappa shape index (κ1) is 19.3. The van der Waals surface area contributed by atoms with Crippen molar-refractivity contribution in [1.29, 1.82) is 0 Å². The van der Waals surface area contributed by atoms with Gasteiger partial charge in [-0.05, 0) is 32.0 Å². The van der Waals surface area contributed by atoms with Crippen LogP contribution in [0.5, 0.6) is 5.75 Å². The maximum absolute atomic E-state index is 11.9. The second kappa shape index (κ2) is 6.95. The SMILES string of the molecule is CC(=O)c1sc2nc(NC(C)(C)CO)nc(-c3cc(O)cc(Cl)c3)c2c1N. The van der Waals surface area contributed by atoms with E-state index < -0.39 is 5.54 Å². The minimum absolute atomic E-state index is 0.0185. The molecule has 27 heavy (non-hydrogen) atoms. The van der Waals surface area contributed by atoms with Gasteiger partial charge in [0.1, 0.15) is 10.6 Å². The number of Topliss-reactive ketones (excluding diaryl/α,β-unsaturated/α-hetero) is 1. The average Bonchev–Trinajstić information content (AvgIpc) is 2.90. The normalized spacial score (nSPS) is 11.7. The summed E-state index contributed by atoms with van der Waals surface area (Å²) in [4.78, 5) is 21.8. The van der Waals surface area contributed by atoms with Gasteiger partial charge in [-0.15, -0.1) is 11.3 Å². The first-order chi connectivity index (χ1) is 12.6. The number of anilines is 2. The Morgan fingerprint density at radius 1 is 1.33 bits per heavy atom. The van der Waals surface area contributed by atoms with Crippen LogP contribution in [0.25, 0.3) is 21.5 Å². The van der Waals surface area contributed by atoms with E-state index in [9.17, 15) is 15.0 Å². The third-order valence-electron chi connectivity index (χ3n) is 3.91. The molecule has 3 aromatic rings. The molecular formula is C18H19ClN4O3S. The Morgan fingerprint density at radius 3 is 2.63 bits per heavy atom. The number of benzene rings is 1. The van der Waals surface area contributed by atoms with Crippen LogP contribution in [-0.2, 0) is 0 Å². The number of hydrogen-bond donors (Lipinski definition) is 4. The van der Waals surface area contributed by atoms with Crippen molar-refractivity contribution in [2.45, 2.75) is 26.3 Å². The second-order valence-corrected chi connectivity index (χ2v) is 8.28. The maximum Gasteiger partial charge on any atom is 0.225 e. The van der Waals surface area contributed by atoms with Crippen molar-refractivity contribution in [3.8, 4) is 17.0 Å². The number of carbonyl (C=O) groups excluding carboxylic acids is 1. The van der Waals surface area contributed by atoms with Crippen molar-refractivity contribution in [3.63, 3.8) is 0 Å². The number of phenols is 1. The number of thiophene rings is 1. The van der Waals surface area contributed by atoms with E-state index in [2.05, 4.69) is 15.3 Å². The zero-order valence-corrected chi connectivity index (χ0v) is 16.6. The van der Waals surface area contributed by atoms with Crippen LogP contribution in [0, 0.1) is 0 Å². The summed E-state index contributed by atoms with van der Waals surface area (Å²) in [5, 5.41) is 23.4. The van der Waals surface area contributed by atoms with Gasteiger partial charge < -0.3 is 21.3 Å². The summed E-state index contributed by atoms with van der Waals surface area (Å²) in [7, 11) is 0. The molecule has 0 aliphatic carbocycles. The van der Waals surface area contributed by atoms with E-state index in [1.54, 1.807) is 19.9 Å². The highest BCUT2D eigenvalue weighted by molar-refractivity contribution is 7.21. The molecule has 0 aliphatic heterocycles. The van der Waals surface area contributed by atoms with E-state index in [0.717, 1.165) is 0 Å². The molecular weight excluding hydrogens is 388 g/mol. The summed E-state index contributed by atoms with van der Waals surface area (Å²) in [5.41, 5.74) is 6.83. The smallest absolute Gasteiger partial charge is 0.225 e. The zero-order chi connectivity index (χ0) is 19.9. The number of nitrogen functional groups attached to an aromatic ring is 1. The number of nitrogens with two attached hydrogens (primary N) is 1. The molecule has 0 saturated heterocycles. The molecule has 0 aliphatic rings. The number of ketones is 1. The number of carbonyl (C=O) groups is 1. The van der Waals surface area contributed by atoms with E-state index in [1.807, 2.05) is 0 Å². The Morgan fingerprint density at radius 2 is 2.04 bits per heavy atom. The fraction of sp³-hybridized carbons (Fsp3) is 0.278. The van der Waals surface area contributed by atoms with E-state index in [1.165, 1.54) is 30.4 Å². The highest BCUT2D eigenvalue weighted by Crippen LogP contribution is 2.40. The van der Waals surface area contributed by atoms with E-state index >= 15 is 0 Å². The van der Waals surface area contributed by atoms with E-state index in [4.69, 9.17) is 17.3 Å². The minimum atomic E-state index is -0.659. The van der Waals surface area contributed by atoms with Gasteiger partial charge in [0.15, 0.2) is 5.78 Å². The first-order valence-corrected chi connectivity index (χ1v) is 9.30. The van der Waals surface area contributed by atoms with Gasteiger partial charge in [0, 0.05) is 17.5 Å². The van der Waals surface area contributed by atoms with Crippen LogP contribution in [0.3, 0.4) is 0 Å². The molecule has 2 heterocycles. The lowest BCUT2D eigenvalue weighted by Crippen LogP contribution is -2.35. The quantitative estimate of drug-likeness (QED) is 0.476. The third kappa shape index (κ3) is 3.83. The molecule has 5 N–H and O–H groups in total. The molecule has 9 heteroatoms. The fourth-order valence-electron chi connectivity index (χ4n) is 2.60. The van der Waals surface area contributed by atoms with Crippen molar-refractivity contribution in [2.24, 2.45) is 0 Å². The third-order valence-corrected chi connectivity index (χ3v) is 5.33. The number of rotatable bonds is 5. The summed E-state index contributed by atoms with van der Waals surface area (Å²) in [6, 6.07) is 4.57. The summed E-state index contributed by atoms with van der Waals surface area (Å²) in [6.07, 6.45) is 0. The van der Waals surface area contributed by atoms with Crippen LogP contribution in [0.2, 0.25) is 5.02 Å². The number of hydrogen-bond acceptors (Lipinski definition) is 8. The lowest BCUT2D eigenvalue weighted by atomic mass is 10.1. The van der Waals surface area contributed by atoms with Crippen molar-refractivity contribution >= 4 is 50.6 Å². The molecule has 0 fully saturated rings. The molecule has 2 aromatic heterocycles. The standard InChI is InChI=1S/C18H19ClN4O3S/c1-8(25)15-13(20)12-14(9-4-10(19)6-11(26)5-9)21-17(22-16(12)27-15)23-18(2,3)7-24/h4-6,24,26H,7,20H2,1-3H3,(H,21,22,23). The van der Waals surface area contributed by atoms with Crippen molar-refractivity contribution in [1.82, 2.24) is 9.97 Å². The number of phenolic OH excluding ortho intramolecular Hbond substituents is 1. The molecule has 0 saturated carbocycles. The molecule has 3 rings (SSSR count). The van der Waals surface area contributed by atoms with Crippen LogP contribution in [0.15, 0.2) is 18.2 Å². The predicted octanol–water partition coefficient (Wildman–Crippen LogP) is 3.68. The van der Waals surface area contributed by atoms with Gasteiger partial charge in [-0.2, -0.15) is 0 Å². The highest BCUT2D eigenvalue weighted by atomic mass is 35.5. The summed E-state index contributed by atoms with van der Waals surface area (Å²) >= 11 is 7.25. The molecule has 142 valence electrons. The van der Waals surface area contributed by atoms with Gasteiger partial charge in [-0.3, -0.25) is 4.79 Å². The molecule has 1 aromatic carbocycles. The largest absolute Gasteiger partial charge is 0.508 e. The molecule has 7 nitrogen and oxygen atoms in total. The van der Waals surface area contributed by atoms with E-state index in [-0.39, 0.29) is 24.1 Å². The average molecular weight is 407 g/mol. The second-order valence-electron chi connectivity index (χ2n) is 6.84. The Hall–Kier alpha value is -2.42. The lowest BCUT2D eigenvalue weighted by molar-refractivity contribution is 0.102. The Bertz CT molecular complexity index is 1030. The summed E-state index contributed by atoms with van der Waals surface area (Å²) < 4.78 is 0. The topological polar surface area (TPSA) is 121 Å². The van der Waals surface area contributed by atoms with Gasteiger partial charge in [0.25, 0.3) is 0 Å². The molecule has 0 spiro atoms. The first-order valence-electron chi connectivity index (χ1n) is 8.11. The van der Waals surface area contributed by atoms with Gasteiger partial charge in [0.05, 0.1) is 33.8 Å². The number of aromatic hydroxyl groups is 1. The van der Waals surface area contributed by atoms with Gasteiger partial charge in [-0.25, -0.2) is 9.97 Å². The predicted molar refractivity (Wildman–Crippen MR) is 109 cm³/mol. The number of fused-ring (bicyclic) bond motifs is 1. The number of aromatic nitrogens is 2. The van der Waals surface area contributed by atoms with Crippen molar-refractivity contribution < 1.29 is 15.0 Å². The van der Waals surface area contributed by atoms with Crippen LogP contribution >= 0.6 is 22.9 Å². The van der Waals surface area contributed by atoms with Crippen LogP contribution < -0.4 is 11.1 Å². The van der Waals surface area contributed by atoms with Crippen molar-refractivity contribution in [2.75, 3.05) is 17.7 Å². The molecule has 0 unspecified atom stereocenters. The molecule has 0 bridgehead atoms. The van der Waals surface area contributed by atoms with Crippen molar-refractivity contribution in [3.05, 3.63) is 28.1 Å². The number of halogens is 1. The van der Waals surface area contributed by atoms with Gasteiger partial charge >= 0.3 is 0 Å². The Balaban J connectivity index is 2.32. The minimum Gasteiger partial charge on any atom is -0.508 e. The van der Waals surface area contributed by atoms with Gasteiger partial charge in [0.2, 0.25) is 5.95 Å². The molecule has 0 amide bonds. The maximum atomic E-state index is 11.9. The highest BCUT2D eigenvalue weighted by Gasteiger charge is 2.23. The summed E-state index contributed by atoms with van der Waals surface area (Å²) in [6.45, 7) is 4.91. The van der Waals surface area contributed by atoms with Crippen LogP contribution in [0.4, 0.5) is 11.6 Å². The number of nitrogens with one attached hydrogen (secondary N) is 1. The Labute approximate surface area is 164 Å². The van der Waals surface area contributed by atoms with Crippen LogP contribution in [-0.4, -0.2) is 38.1 Å². The monoisotopic (exact) mass is 406 g/mol. The summed E-state index contributed by atoms with van der Waals surface area (Å²) in [5.74, 6) is 0.0861. The van der Waals surface area contributed by atoms with Crippen LogP contribution in [0.1, 0.15) is 30.4 Å². The van der Waals surface area contributed by atoms with E-state index in [0.29, 0.717) is 37.1 Å². The Kier molecular flexibility index (Phi) is 4.98. The lowest BCUT2D eigenvalue weighted by Gasteiger charge is -2.23. The molecule has 0 radical (unpaired) electrons. The molecule has 0 atom stereocenters. The number of aliphatic hydroxyl groups is 1.